The Morgan fingerprint density at radius 2 is 2.14 bits per heavy atom. The highest BCUT2D eigenvalue weighted by molar-refractivity contribution is 7.92. The van der Waals surface area contributed by atoms with Crippen molar-refractivity contribution < 1.29 is 8.42 Å². The Balaban J connectivity index is 2.25. The predicted molar refractivity (Wildman–Crippen MR) is 76.0 cm³/mol. The summed E-state index contributed by atoms with van der Waals surface area (Å²) in [6, 6.07) is 0. The third-order valence-electron chi connectivity index (χ3n) is 2.66. The largest absolute Gasteiger partial charge is 0.311 e. The van der Waals surface area contributed by atoms with Gasteiger partial charge in [-0.25, -0.2) is 18.1 Å². The van der Waals surface area contributed by atoms with Gasteiger partial charge in [0, 0.05) is 6.54 Å². The summed E-state index contributed by atoms with van der Waals surface area (Å²) in [6.45, 7) is 4.82. The van der Waals surface area contributed by atoms with E-state index in [0.29, 0.717) is 17.9 Å². The summed E-state index contributed by atoms with van der Waals surface area (Å²) in [6.07, 6.45) is 3.67. The molecule has 10 heteroatoms. The average molecular weight is 311 g/mol. The molecule has 0 radical (unpaired) electrons. The lowest BCUT2D eigenvalue weighted by atomic mass is 10.3. The van der Waals surface area contributed by atoms with Crippen LogP contribution in [0.2, 0.25) is 0 Å². The van der Waals surface area contributed by atoms with Gasteiger partial charge < -0.3 is 5.32 Å². The van der Waals surface area contributed by atoms with E-state index in [0.717, 1.165) is 13.0 Å². The highest BCUT2D eigenvalue weighted by Crippen LogP contribution is 2.19. The molecule has 9 nitrogen and oxygen atoms in total. The topological polar surface area (TPSA) is 126 Å². The number of aromatic amines is 1. The summed E-state index contributed by atoms with van der Waals surface area (Å²) < 4.78 is 27.2. The number of hydrogen-bond acceptors (Lipinski definition) is 7. The molecule has 0 aromatic carbocycles. The fourth-order valence-electron chi connectivity index (χ4n) is 1.79. The fourth-order valence-corrected chi connectivity index (χ4v) is 3.11. The lowest BCUT2D eigenvalue weighted by Crippen LogP contribution is -2.20. The van der Waals surface area contributed by atoms with E-state index >= 15 is 0 Å². The number of H-pyrrole nitrogens is 1. The van der Waals surface area contributed by atoms with Crippen molar-refractivity contribution in [2.24, 2.45) is 0 Å². The van der Waals surface area contributed by atoms with Crippen LogP contribution in [0.4, 0.5) is 5.95 Å². The van der Waals surface area contributed by atoms with Gasteiger partial charge in [0.05, 0.1) is 23.8 Å². The van der Waals surface area contributed by atoms with E-state index in [-0.39, 0.29) is 10.8 Å². The first kappa shape index (κ1) is 15.3. The lowest BCUT2D eigenvalue weighted by molar-refractivity contribution is 0.596. The number of nitrogens with zero attached hydrogens (tertiary/aromatic N) is 4. The van der Waals surface area contributed by atoms with Crippen LogP contribution in [-0.4, -0.2) is 40.3 Å². The van der Waals surface area contributed by atoms with E-state index in [1.54, 1.807) is 6.92 Å². The van der Waals surface area contributed by atoms with E-state index in [1.165, 1.54) is 12.4 Å². The minimum Gasteiger partial charge on any atom is -0.311 e. The van der Waals surface area contributed by atoms with Crippen molar-refractivity contribution in [2.45, 2.75) is 31.7 Å². The summed E-state index contributed by atoms with van der Waals surface area (Å²) in [4.78, 5) is 3.91. The summed E-state index contributed by atoms with van der Waals surface area (Å²) in [5, 5.41) is 17.0. The summed E-state index contributed by atoms with van der Waals surface area (Å²) in [5.41, 5.74) is 0.886. The second-order valence-electron chi connectivity index (χ2n) is 4.37. The molecule has 0 saturated heterocycles. The van der Waals surface area contributed by atoms with Crippen LogP contribution in [0.1, 0.15) is 24.7 Å². The molecule has 2 aromatic heterocycles. The van der Waals surface area contributed by atoms with E-state index in [1.807, 2.05) is 6.92 Å². The van der Waals surface area contributed by atoms with Gasteiger partial charge in [-0.3, -0.25) is 5.10 Å². The van der Waals surface area contributed by atoms with E-state index < -0.39 is 10.0 Å². The lowest BCUT2D eigenvalue weighted by Gasteiger charge is -2.07. The molecule has 2 heterocycles. The zero-order chi connectivity index (χ0) is 15.3. The molecule has 114 valence electrons. The Morgan fingerprint density at radius 1 is 1.33 bits per heavy atom. The maximum absolute atomic E-state index is 12.4. The van der Waals surface area contributed by atoms with Gasteiger partial charge in [-0.15, -0.1) is 5.10 Å². The average Bonchev–Trinajstić information content (AvgIpc) is 2.82. The van der Waals surface area contributed by atoms with Gasteiger partial charge in [0.2, 0.25) is 0 Å². The van der Waals surface area contributed by atoms with Gasteiger partial charge in [-0.05, 0) is 19.9 Å². The van der Waals surface area contributed by atoms with Crippen molar-refractivity contribution in [3.63, 3.8) is 0 Å². The minimum atomic E-state index is -3.82. The highest BCUT2D eigenvalue weighted by atomic mass is 32.2. The molecule has 0 bridgehead atoms. The van der Waals surface area contributed by atoms with Crippen molar-refractivity contribution >= 4 is 16.0 Å². The third kappa shape index (κ3) is 3.73. The quantitative estimate of drug-likeness (QED) is 0.624. The Morgan fingerprint density at radius 3 is 2.81 bits per heavy atom. The van der Waals surface area contributed by atoms with Crippen molar-refractivity contribution in [1.82, 2.24) is 30.7 Å². The maximum atomic E-state index is 12.4. The Bertz CT molecular complexity index is 684. The van der Waals surface area contributed by atoms with Gasteiger partial charge in [0.1, 0.15) is 4.90 Å². The summed E-state index contributed by atoms with van der Waals surface area (Å²) in [7, 11) is -3.82. The molecule has 0 unspecified atom stereocenters. The van der Waals surface area contributed by atoms with Crippen LogP contribution in [0, 0.1) is 6.92 Å². The van der Waals surface area contributed by atoms with Crippen LogP contribution in [0.15, 0.2) is 17.3 Å². The molecule has 0 aliphatic heterocycles. The monoisotopic (exact) mass is 311 g/mol. The van der Waals surface area contributed by atoms with E-state index in [2.05, 4.69) is 35.4 Å². The minimum absolute atomic E-state index is 0.0782. The Kier molecular flexibility index (Phi) is 4.81. The van der Waals surface area contributed by atoms with Crippen LogP contribution in [0.3, 0.4) is 0 Å². The van der Waals surface area contributed by atoms with Gasteiger partial charge >= 0.3 is 0 Å². The number of aromatic nitrogens is 5. The number of rotatable bonds is 7. The van der Waals surface area contributed by atoms with Crippen LogP contribution in [0.5, 0.6) is 0 Å². The van der Waals surface area contributed by atoms with E-state index in [9.17, 15) is 8.42 Å². The zero-order valence-corrected chi connectivity index (χ0v) is 12.6. The van der Waals surface area contributed by atoms with Crippen LogP contribution < -0.4 is 10.0 Å². The standard InChI is InChI=1S/C11H17N7O2S/c1-3-4-12-7-9-10(8(2)15-16-9)21(19,20)18-11-13-5-6-14-17-11/h5-6,12H,3-4,7H2,1-2H3,(H,15,16)(H,13,17,18). The normalized spacial score (nSPS) is 11.5. The van der Waals surface area contributed by atoms with Gasteiger partial charge in [0.25, 0.3) is 16.0 Å². The molecule has 2 rings (SSSR count). The number of nitrogens with one attached hydrogen (secondary N) is 3. The smallest absolute Gasteiger partial charge is 0.267 e. The highest BCUT2D eigenvalue weighted by Gasteiger charge is 2.25. The van der Waals surface area contributed by atoms with Crippen LogP contribution in [0.25, 0.3) is 0 Å². The third-order valence-corrected chi connectivity index (χ3v) is 4.19. The SMILES string of the molecule is CCCNCc1n[nH]c(C)c1S(=O)(=O)Nc1nccnn1. The number of anilines is 1. The molecule has 3 N–H and O–H groups in total. The second kappa shape index (κ2) is 6.59. The van der Waals surface area contributed by atoms with Crippen molar-refractivity contribution in [1.29, 1.82) is 0 Å². The first-order valence-electron chi connectivity index (χ1n) is 6.45. The van der Waals surface area contributed by atoms with E-state index in [4.69, 9.17) is 0 Å². The molecular formula is C11H17N7O2S. The molecule has 0 atom stereocenters. The van der Waals surface area contributed by atoms with Crippen LogP contribution >= 0.6 is 0 Å². The number of sulfonamides is 1. The molecule has 0 amide bonds. The first-order chi connectivity index (χ1) is 10.0. The number of aryl methyl sites for hydroxylation is 1. The summed E-state index contributed by atoms with van der Waals surface area (Å²) in [5.74, 6) is -0.0782. The molecule has 0 aliphatic rings. The second-order valence-corrected chi connectivity index (χ2v) is 5.99. The Labute approximate surface area is 122 Å². The Hall–Kier alpha value is -2.07. The molecule has 0 fully saturated rings. The predicted octanol–water partition coefficient (Wildman–Crippen LogP) is 0.204. The van der Waals surface area contributed by atoms with Gasteiger partial charge in [0.15, 0.2) is 0 Å². The summed E-state index contributed by atoms with van der Waals surface area (Å²) >= 11 is 0. The molecule has 21 heavy (non-hydrogen) atoms. The van der Waals surface area contributed by atoms with Crippen LogP contribution in [-0.2, 0) is 16.6 Å². The fraction of sp³-hybridized carbons (Fsp3) is 0.455. The molecule has 0 saturated carbocycles. The van der Waals surface area contributed by atoms with Gasteiger partial charge in [-0.1, -0.05) is 6.92 Å². The molecule has 2 aromatic rings. The van der Waals surface area contributed by atoms with Crippen molar-refractivity contribution in [3.8, 4) is 0 Å². The molecule has 0 spiro atoms. The maximum Gasteiger partial charge on any atom is 0.267 e. The zero-order valence-electron chi connectivity index (χ0n) is 11.8. The first-order valence-corrected chi connectivity index (χ1v) is 7.94. The van der Waals surface area contributed by atoms with Gasteiger partial charge in [-0.2, -0.15) is 10.2 Å². The number of hydrogen-bond donors (Lipinski definition) is 3. The van der Waals surface area contributed by atoms with Crippen molar-refractivity contribution in [3.05, 3.63) is 23.8 Å². The molecular weight excluding hydrogens is 294 g/mol. The van der Waals surface area contributed by atoms with Crippen molar-refractivity contribution in [2.75, 3.05) is 11.3 Å². The molecule has 0 aliphatic carbocycles.